The smallest absolute Gasteiger partial charge is 0.255 e. The first-order valence-corrected chi connectivity index (χ1v) is 13.8. The lowest BCUT2D eigenvalue weighted by Gasteiger charge is -2.27. The molecule has 1 aromatic carbocycles. The minimum Gasteiger partial charge on any atom is -0.508 e. The predicted octanol–water partition coefficient (Wildman–Crippen LogP) is 5.33. The number of morpholine rings is 1. The molecule has 11 nitrogen and oxygen atoms in total. The minimum atomic E-state index is -0.504. The summed E-state index contributed by atoms with van der Waals surface area (Å²) in [6.07, 6.45) is 9.13. The summed E-state index contributed by atoms with van der Waals surface area (Å²) in [7, 11) is 0. The van der Waals surface area contributed by atoms with E-state index in [0.29, 0.717) is 61.1 Å². The van der Waals surface area contributed by atoms with Crippen LogP contribution in [0.15, 0.2) is 71.2 Å². The van der Waals surface area contributed by atoms with Crippen molar-refractivity contribution >= 4 is 46.9 Å². The quantitative estimate of drug-likeness (QED) is 0.100. The third-order valence-electron chi connectivity index (χ3n) is 6.03. The summed E-state index contributed by atoms with van der Waals surface area (Å²) >= 11 is 5.99. The summed E-state index contributed by atoms with van der Waals surface area (Å²) in [5.41, 5.74) is 5.67. The highest BCUT2D eigenvalue weighted by molar-refractivity contribution is 6.31. The van der Waals surface area contributed by atoms with Crippen molar-refractivity contribution in [2.24, 2.45) is 5.10 Å². The van der Waals surface area contributed by atoms with Crippen LogP contribution in [0, 0.1) is 5.82 Å². The molecule has 1 aliphatic rings. The Morgan fingerprint density at radius 2 is 1.95 bits per heavy atom. The van der Waals surface area contributed by atoms with Crippen LogP contribution in [0.5, 0.6) is 5.75 Å². The molecule has 4 rings (SSSR count). The zero-order chi connectivity index (χ0) is 29.9. The number of amides is 1. The van der Waals surface area contributed by atoms with E-state index in [4.69, 9.17) is 16.3 Å². The molecular formula is C29H32ClFN8O3. The molecule has 3 heterocycles. The number of pyridine rings is 1. The number of nitrogens with zero attached hydrogens (tertiary/aromatic N) is 5. The number of halogens is 2. The standard InChI is InChI=1S/C29H32ClFN8O3/c1-3-5-19(28(41)36-24-13-20(30)14-25(40)15-24)12-21(4-2)35-23-7-6-22(32-16-23)17-34-38-29-33-18-26(31)27(37-29)39-8-10-42-11-9-39/h5-7,12-18,35,40H,3-4,8-11H2,1-2H3,(H,36,41)(H,33,37,38)/b19-5+,21-12+,34-17+. The van der Waals surface area contributed by atoms with Crippen LogP contribution in [-0.4, -0.2) is 58.5 Å². The number of carbonyl (C=O) groups is 1. The number of rotatable bonds is 11. The molecular weight excluding hydrogens is 563 g/mol. The average molecular weight is 595 g/mol. The average Bonchev–Trinajstić information content (AvgIpc) is 2.98. The lowest BCUT2D eigenvalue weighted by molar-refractivity contribution is -0.112. The number of phenolic OH excluding ortho intramolecular Hbond substituents is 1. The van der Waals surface area contributed by atoms with Gasteiger partial charge in [-0.1, -0.05) is 31.5 Å². The van der Waals surface area contributed by atoms with Gasteiger partial charge < -0.3 is 25.4 Å². The van der Waals surface area contributed by atoms with E-state index in [2.05, 4.69) is 36.1 Å². The van der Waals surface area contributed by atoms with E-state index in [1.54, 1.807) is 29.3 Å². The summed E-state index contributed by atoms with van der Waals surface area (Å²) < 4.78 is 19.5. The number of benzene rings is 1. The number of carbonyl (C=O) groups excluding carboxylic acids is 1. The van der Waals surface area contributed by atoms with Crippen LogP contribution in [0.3, 0.4) is 0 Å². The molecule has 0 radical (unpaired) electrons. The fraction of sp³-hybridized carbons (Fsp3) is 0.276. The van der Waals surface area contributed by atoms with E-state index < -0.39 is 5.82 Å². The molecule has 2 aromatic heterocycles. The van der Waals surface area contributed by atoms with Crippen molar-refractivity contribution < 1.29 is 19.0 Å². The molecule has 0 saturated carbocycles. The van der Waals surface area contributed by atoms with Gasteiger partial charge in [-0.05, 0) is 43.2 Å². The van der Waals surface area contributed by atoms with Crippen molar-refractivity contribution in [2.75, 3.05) is 47.3 Å². The Balaban J connectivity index is 1.37. The minimum absolute atomic E-state index is 0.0382. The van der Waals surface area contributed by atoms with Gasteiger partial charge in [0, 0.05) is 41.1 Å². The van der Waals surface area contributed by atoms with Crippen molar-refractivity contribution in [1.82, 2.24) is 15.0 Å². The number of aromatic nitrogens is 3. The second-order valence-corrected chi connectivity index (χ2v) is 9.61. The van der Waals surface area contributed by atoms with Crippen molar-refractivity contribution in [3.05, 3.63) is 82.7 Å². The maximum atomic E-state index is 14.2. The van der Waals surface area contributed by atoms with Crippen LogP contribution in [-0.2, 0) is 9.53 Å². The number of anilines is 4. The maximum absolute atomic E-state index is 14.2. The highest BCUT2D eigenvalue weighted by atomic mass is 35.5. The normalized spacial score (nSPS) is 14.2. The Morgan fingerprint density at radius 1 is 1.14 bits per heavy atom. The summed E-state index contributed by atoms with van der Waals surface area (Å²) in [5.74, 6) is -0.500. The Kier molecular flexibility index (Phi) is 10.8. The topological polar surface area (TPSA) is 137 Å². The van der Waals surface area contributed by atoms with E-state index >= 15 is 0 Å². The van der Waals surface area contributed by atoms with Gasteiger partial charge in [-0.2, -0.15) is 10.1 Å². The van der Waals surface area contributed by atoms with Gasteiger partial charge in [0.05, 0.1) is 43.2 Å². The van der Waals surface area contributed by atoms with Gasteiger partial charge in [0.2, 0.25) is 5.95 Å². The highest BCUT2D eigenvalue weighted by Gasteiger charge is 2.17. The molecule has 220 valence electrons. The van der Waals surface area contributed by atoms with Gasteiger partial charge in [-0.3, -0.25) is 9.78 Å². The number of hydrogen-bond donors (Lipinski definition) is 4. The van der Waals surface area contributed by atoms with Gasteiger partial charge in [-0.25, -0.2) is 14.8 Å². The largest absolute Gasteiger partial charge is 0.508 e. The lowest BCUT2D eigenvalue weighted by Crippen LogP contribution is -2.37. The number of allylic oxidation sites excluding steroid dienone is 2. The number of nitrogens with one attached hydrogen (secondary N) is 3. The first kappa shape index (κ1) is 30.4. The van der Waals surface area contributed by atoms with E-state index in [9.17, 15) is 14.3 Å². The van der Waals surface area contributed by atoms with Crippen molar-refractivity contribution in [1.29, 1.82) is 0 Å². The van der Waals surface area contributed by atoms with Gasteiger partial charge in [0.25, 0.3) is 5.91 Å². The number of hydrazone groups is 1. The molecule has 1 amide bonds. The molecule has 0 unspecified atom stereocenters. The van der Waals surface area contributed by atoms with Gasteiger partial charge in [0.1, 0.15) is 5.75 Å². The molecule has 1 aliphatic heterocycles. The third-order valence-corrected chi connectivity index (χ3v) is 6.24. The molecule has 1 saturated heterocycles. The first-order chi connectivity index (χ1) is 20.3. The van der Waals surface area contributed by atoms with E-state index in [1.165, 1.54) is 18.3 Å². The molecule has 0 atom stereocenters. The molecule has 42 heavy (non-hydrogen) atoms. The molecule has 1 fully saturated rings. The Morgan fingerprint density at radius 3 is 2.64 bits per heavy atom. The first-order valence-electron chi connectivity index (χ1n) is 13.4. The summed E-state index contributed by atoms with van der Waals surface area (Å²) in [4.78, 5) is 27.3. The lowest BCUT2D eigenvalue weighted by atomic mass is 10.1. The van der Waals surface area contributed by atoms with E-state index in [1.807, 2.05) is 26.0 Å². The molecule has 3 aromatic rings. The summed E-state index contributed by atoms with van der Waals surface area (Å²) in [5, 5.41) is 20.3. The van der Waals surface area contributed by atoms with Crippen LogP contribution >= 0.6 is 11.6 Å². The second-order valence-electron chi connectivity index (χ2n) is 9.17. The van der Waals surface area contributed by atoms with Crippen LogP contribution in [0.25, 0.3) is 0 Å². The molecule has 4 N–H and O–H groups in total. The second kappa shape index (κ2) is 14.9. The van der Waals surface area contributed by atoms with Gasteiger partial charge >= 0.3 is 0 Å². The van der Waals surface area contributed by atoms with Crippen LogP contribution in [0.4, 0.5) is 27.5 Å². The molecule has 0 bridgehead atoms. The number of phenols is 1. The molecule has 0 spiro atoms. The zero-order valence-corrected chi connectivity index (χ0v) is 24.0. The molecule has 0 aliphatic carbocycles. The summed E-state index contributed by atoms with van der Waals surface area (Å²) in [6.45, 7) is 6.03. The van der Waals surface area contributed by atoms with Crippen molar-refractivity contribution in [3.8, 4) is 5.75 Å². The fourth-order valence-corrected chi connectivity index (χ4v) is 4.24. The van der Waals surface area contributed by atoms with E-state index in [-0.39, 0.29) is 23.4 Å². The third kappa shape index (κ3) is 8.72. The van der Waals surface area contributed by atoms with Crippen LogP contribution in [0.1, 0.15) is 32.4 Å². The molecule has 13 heteroatoms. The van der Waals surface area contributed by atoms with Crippen LogP contribution in [0.2, 0.25) is 5.02 Å². The predicted molar refractivity (Wildman–Crippen MR) is 163 cm³/mol. The summed E-state index contributed by atoms with van der Waals surface area (Å²) in [6, 6.07) is 7.99. The number of hydrogen-bond acceptors (Lipinski definition) is 10. The van der Waals surface area contributed by atoms with Crippen molar-refractivity contribution in [3.63, 3.8) is 0 Å². The van der Waals surface area contributed by atoms with E-state index in [0.717, 1.165) is 17.6 Å². The highest BCUT2D eigenvalue weighted by Crippen LogP contribution is 2.24. The number of aromatic hydroxyl groups is 1. The fourth-order valence-electron chi connectivity index (χ4n) is 4.01. The van der Waals surface area contributed by atoms with Gasteiger partial charge in [0.15, 0.2) is 11.6 Å². The van der Waals surface area contributed by atoms with Crippen LogP contribution < -0.4 is 21.0 Å². The van der Waals surface area contributed by atoms with Crippen molar-refractivity contribution in [2.45, 2.75) is 26.7 Å². The Hall–Kier alpha value is -4.55. The Labute approximate surface area is 248 Å². The maximum Gasteiger partial charge on any atom is 0.255 e. The monoisotopic (exact) mass is 594 g/mol. The SMILES string of the molecule is CC/C=C(\C=C(/CC)Nc1ccc(/C=N/Nc2ncc(F)c(N3CCOCC3)n2)nc1)C(=O)Nc1cc(O)cc(Cl)c1. The van der Waals surface area contributed by atoms with Gasteiger partial charge in [-0.15, -0.1) is 0 Å². The zero-order valence-electron chi connectivity index (χ0n) is 23.3. The Bertz CT molecular complexity index is 1450. The number of ether oxygens (including phenoxy) is 1.